The molecule has 1 aromatic carbocycles. The molecular formula is C12H8ClN3O2S. The van der Waals surface area contributed by atoms with Gasteiger partial charge in [0.25, 0.3) is 0 Å². The molecule has 0 bridgehead atoms. The van der Waals surface area contributed by atoms with E-state index in [4.69, 9.17) is 16.1 Å². The molecule has 3 rings (SSSR count). The van der Waals surface area contributed by atoms with Crippen molar-refractivity contribution in [2.24, 2.45) is 0 Å². The van der Waals surface area contributed by atoms with Gasteiger partial charge in [0, 0.05) is 17.5 Å². The predicted molar refractivity (Wildman–Crippen MR) is 72.3 cm³/mol. The van der Waals surface area contributed by atoms with Crippen molar-refractivity contribution in [3.8, 4) is 27.2 Å². The van der Waals surface area contributed by atoms with Gasteiger partial charge in [0.15, 0.2) is 0 Å². The highest BCUT2D eigenvalue weighted by atomic mass is 35.5. The van der Waals surface area contributed by atoms with E-state index in [9.17, 15) is 5.11 Å². The quantitative estimate of drug-likeness (QED) is 0.782. The van der Waals surface area contributed by atoms with Crippen LogP contribution < -0.4 is 0 Å². The van der Waals surface area contributed by atoms with Crippen molar-refractivity contribution in [3.63, 3.8) is 0 Å². The van der Waals surface area contributed by atoms with E-state index in [2.05, 4.69) is 15.1 Å². The van der Waals surface area contributed by atoms with Crippen molar-refractivity contribution in [2.45, 2.75) is 6.92 Å². The van der Waals surface area contributed by atoms with E-state index in [1.807, 2.05) is 12.1 Å². The molecule has 7 heteroatoms. The largest absolute Gasteiger partial charge is 0.492 e. The number of aryl methyl sites for hydroxylation is 1. The molecule has 1 N–H and O–H groups in total. The van der Waals surface area contributed by atoms with Crippen LogP contribution in [0, 0.1) is 6.92 Å². The fraction of sp³-hybridized carbons (Fsp3) is 0.0833. The lowest BCUT2D eigenvalue weighted by molar-refractivity contribution is 0.394. The van der Waals surface area contributed by atoms with E-state index < -0.39 is 0 Å². The first kappa shape index (κ1) is 12.1. The first-order valence-electron chi connectivity index (χ1n) is 5.40. The fourth-order valence-corrected chi connectivity index (χ4v) is 2.58. The lowest BCUT2D eigenvalue weighted by Gasteiger charge is -1.94. The Morgan fingerprint density at radius 3 is 2.58 bits per heavy atom. The minimum atomic E-state index is -0.101. The average Bonchev–Trinajstić information content (AvgIpc) is 2.96. The molecule has 5 nitrogen and oxygen atoms in total. The van der Waals surface area contributed by atoms with Gasteiger partial charge in [0.2, 0.25) is 17.6 Å². The topological polar surface area (TPSA) is 72.0 Å². The van der Waals surface area contributed by atoms with Crippen molar-refractivity contribution in [3.05, 3.63) is 35.2 Å². The van der Waals surface area contributed by atoms with Crippen LogP contribution in [-0.2, 0) is 0 Å². The minimum absolute atomic E-state index is 0.101. The number of halogens is 1. The molecule has 0 atom stereocenters. The summed E-state index contributed by atoms with van der Waals surface area (Å²) in [5.41, 5.74) is 0.871. The molecule has 3 aromatic rings. The summed E-state index contributed by atoms with van der Waals surface area (Å²) in [5.74, 6) is 0.680. The second-order valence-corrected chi connectivity index (χ2v) is 5.25. The van der Waals surface area contributed by atoms with Crippen LogP contribution in [-0.4, -0.2) is 20.2 Å². The Labute approximate surface area is 117 Å². The number of hydrogen-bond donors (Lipinski definition) is 1. The number of thiazole rings is 1. The zero-order valence-corrected chi connectivity index (χ0v) is 11.4. The molecule has 0 amide bonds. The van der Waals surface area contributed by atoms with Crippen molar-refractivity contribution in [2.75, 3.05) is 0 Å². The summed E-state index contributed by atoms with van der Waals surface area (Å²) in [4.78, 5) is 8.67. The Bertz CT molecular complexity index is 721. The Morgan fingerprint density at radius 2 is 1.95 bits per heavy atom. The second-order valence-electron chi connectivity index (χ2n) is 3.82. The minimum Gasteiger partial charge on any atom is -0.492 e. The maximum atomic E-state index is 9.86. The average molecular weight is 294 g/mol. The zero-order chi connectivity index (χ0) is 13.4. The molecule has 0 spiro atoms. The zero-order valence-electron chi connectivity index (χ0n) is 9.79. The summed E-state index contributed by atoms with van der Waals surface area (Å²) in [6, 6.07) is 7.22. The molecule has 19 heavy (non-hydrogen) atoms. The maximum absolute atomic E-state index is 9.86. The number of hydrogen-bond acceptors (Lipinski definition) is 6. The molecule has 2 aromatic heterocycles. The van der Waals surface area contributed by atoms with Crippen molar-refractivity contribution in [1.29, 1.82) is 0 Å². The Kier molecular flexibility index (Phi) is 2.96. The van der Waals surface area contributed by atoms with Crippen LogP contribution in [0.3, 0.4) is 0 Å². The first-order chi connectivity index (χ1) is 9.13. The van der Waals surface area contributed by atoms with Gasteiger partial charge in [-0.3, -0.25) is 0 Å². The highest BCUT2D eigenvalue weighted by molar-refractivity contribution is 7.18. The van der Waals surface area contributed by atoms with Crippen molar-refractivity contribution >= 4 is 22.9 Å². The second kappa shape index (κ2) is 4.64. The van der Waals surface area contributed by atoms with Crippen LogP contribution in [0.25, 0.3) is 21.3 Å². The van der Waals surface area contributed by atoms with Crippen LogP contribution in [0.2, 0.25) is 5.02 Å². The van der Waals surface area contributed by atoms with Gasteiger partial charge in [-0.25, -0.2) is 4.98 Å². The fourth-order valence-electron chi connectivity index (χ4n) is 1.57. The van der Waals surface area contributed by atoms with Gasteiger partial charge in [-0.15, -0.1) is 11.3 Å². The van der Waals surface area contributed by atoms with E-state index in [0.29, 0.717) is 26.6 Å². The number of benzene rings is 1. The molecule has 0 saturated carbocycles. The molecular weight excluding hydrogens is 286 g/mol. The number of rotatable bonds is 2. The molecule has 0 unspecified atom stereocenters. The SMILES string of the molecule is Cc1nc(-c2sc(-c3ccc(Cl)cc3)nc2O)no1. The smallest absolute Gasteiger partial charge is 0.234 e. The molecule has 0 aliphatic rings. The van der Waals surface area contributed by atoms with Gasteiger partial charge in [0.05, 0.1) is 0 Å². The third-order valence-electron chi connectivity index (χ3n) is 2.43. The third-order valence-corrected chi connectivity index (χ3v) is 3.77. The van der Waals surface area contributed by atoms with Gasteiger partial charge >= 0.3 is 0 Å². The van der Waals surface area contributed by atoms with Gasteiger partial charge in [-0.05, 0) is 12.1 Å². The molecule has 96 valence electrons. The van der Waals surface area contributed by atoms with Gasteiger partial charge in [-0.1, -0.05) is 28.9 Å². The highest BCUT2D eigenvalue weighted by Crippen LogP contribution is 2.37. The van der Waals surface area contributed by atoms with E-state index in [0.717, 1.165) is 5.56 Å². The molecule has 2 heterocycles. The maximum Gasteiger partial charge on any atom is 0.234 e. The molecule has 0 aliphatic heterocycles. The Balaban J connectivity index is 2.04. The van der Waals surface area contributed by atoms with Crippen LogP contribution in [0.4, 0.5) is 0 Å². The molecule has 0 radical (unpaired) electrons. The summed E-state index contributed by atoms with van der Waals surface area (Å²) in [7, 11) is 0. The van der Waals surface area contributed by atoms with Crippen LogP contribution in [0.1, 0.15) is 5.89 Å². The standard InChI is InChI=1S/C12H8ClN3O2S/c1-6-14-10(16-18-6)9-11(17)15-12(19-9)7-2-4-8(13)5-3-7/h2-5,17H,1H3. The lowest BCUT2D eigenvalue weighted by atomic mass is 10.2. The summed E-state index contributed by atoms with van der Waals surface area (Å²) >= 11 is 7.13. The normalized spacial score (nSPS) is 10.8. The molecule has 0 saturated heterocycles. The molecule has 0 fully saturated rings. The van der Waals surface area contributed by atoms with E-state index in [1.54, 1.807) is 19.1 Å². The Hall–Kier alpha value is -1.92. The lowest BCUT2D eigenvalue weighted by Crippen LogP contribution is -1.76. The summed E-state index contributed by atoms with van der Waals surface area (Å²) in [5, 5.41) is 15.0. The van der Waals surface area contributed by atoms with Gasteiger partial charge in [-0.2, -0.15) is 4.98 Å². The predicted octanol–water partition coefficient (Wildman–Crippen LogP) is 3.53. The van der Waals surface area contributed by atoms with Crippen molar-refractivity contribution in [1.82, 2.24) is 15.1 Å². The summed E-state index contributed by atoms with van der Waals surface area (Å²) < 4.78 is 4.89. The highest BCUT2D eigenvalue weighted by Gasteiger charge is 2.17. The number of aromatic hydroxyl groups is 1. The van der Waals surface area contributed by atoms with Gasteiger partial charge < -0.3 is 9.63 Å². The summed E-state index contributed by atoms with van der Waals surface area (Å²) in [6.07, 6.45) is 0. The number of aromatic nitrogens is 3. The van der Waals surface area contributed by atoms with Crippen LogP contribution in [0.5, 0.6) is 5.88 Å². The number of nitrogens with zero attached hydrogens (tertiary/aromatic N) is 3. The summed E-state index contributed by atoms with van der Waals surface area (Å²) in [6.45, 7) is 1.69. The van der Waals surface area contributed by atoms with E-state index in [1.165, 1.54) is 11.3 Å². The third kappa shape index (κ3) is 2.32. The first-order valence-corrected chi connectivity index (χ1v) is 6.59. The van der Waals surface area contributed by atoms with Crippen molar-refractivity contribution < 1.29 is 9.63 Å². The molecule has 0 aliphatic carbocycles. The Morgan fingerprint density at radius 1 is 1.21 bits per heavy atom. The van der Waals surface area contributed by atoms with Gasteiger partial charge in [0.1, 0.15) is 9.88 Å². The van der Waals surface area contributed by atoms with Crippen LogP contribution in [0.15, 0.2) is 28.8 Å². The monoisotopic (exact) mass is 293 g/mol. The van der Waals surface area contributed by atoms with Crippen LogP contribution >= 0.6 is 22.9 Å². The van der Waals surface area contributed by atoms with E-state index >= 15 is 0 Å². The van der Waals surface area contributed by atoms with E-state index in [-0.39, 0.29) is 5.88 Å².